The first-order chi connectivity index (χ1) is 11.3. The summed E-state index contributed by atoms with van der Waals surface area (Å²) >= 11 is 0. The Kier molecular flexibility index (Phi) is 11.4. The van der Waals surface area contributed by atoms with E-state index < -0.39 is 0 Å². The van der Waals surface area contributed by atoms with Crippen LogP contribution in [0.4, 0.5) is 0 Å². The Morgan fingerprint density at radius 3 is 2.17 bits per heavy atom. The maximum Gasteiger partial charge on any atom is 0.167 e. The van der Waals surface area contributed by atoms with Gasteiger partial charge in [0.1, 0.15) is 0 Å². The van der Waals surface area contributed by atoms with Crippen LogP contribution in [0.3, 0.4) is 0 Å². The summed E-state index contributed by atoms with van der Waals surface area (Å²) in [5.74, 6) is 5.39. The minimum Gasteiger partial charge on any atom is -0.395 e. The number of aliphatic hydroxyl groups is 1. The number of nitrogens with two attached hydrogens (primary N) is 2. The van der Waals surface area contributed by atoms with Crippen LogP contribution in [0.2, 0.25) is 0 Å². The molecular weight excluding hydrogens is 298 g/mol. The first kappa shape index (κ1) is 19.8. The van der Waals surface area contributed by atoms with E-state index in [2.05, 4.69) is 20.9 Å². The Balaban J connectivity index is 2.02. The Bertz CT molecular complexity index is 391. The van der Waals surface area contributed by atoms with Crippen molar-refractivity contribution in [3.8, 4) is 5.75 Å². The molecule has 1 unspecified atom stereocenters. The molecule has 0 saturated carbocycles. The molecule has 0 aliphatic rings. The van der Waals surface area contributed by atoms with Gasteiger partial charge in [0.15, 0.2) is 5.75 Å². The molecule has 0 aliphatic carbocycles. The summed E-state index contributed by atoms with van der Waals surface area (Å²) in [5, 5.41) is 18.4. The molecule has 1 aromatic carbocycles. The van der Waals surface area contributed by atoms with Crippen molar-refractivity contribution in [3.05, 3.63) is 29.8 Å². The quantitative estimate of drug-likeness (QED) is 0.138. The van der Waals surface area contributed by atoms with Crippen LogP contribution in [0.5, 0.6) is 5.75 Å². The molecule has 0 aliphatic heterocycles. The van der Waals surface area contributed by atoms with Crippen molar-refractivity contribution >= 4 is 0 Å². The smallest absolute Gasteiger partial charge is 0.167 e. The van der Waals surface area contributed by atoms with Gasteiger partial charge in [-0.1, -0.05) is 17.1 Å². The summed E-state index contributed by atoms with van der Waals surface area (Å²) in [6.07, 6.45) is 0.787. The lowest BCUT2D eigenvalue weighted by atomic mass is 10.1. The average Bonchev–Trinajstić information content (AvgIpc) is 2.55. The molecule has 8 N–H and O–H groups in total. The number of nitrogens with one attached hydrogen (secondary N) is 3. The monoisotopic (exact) mass is 327 g/mol. The molecule has 0 fully saturated rings. The number of benzene rings is 1. The highest BCUT2D eigenvalue weighted by Crippen LogP contribution is 2.12. The van der Waals surface area contributed by atoms with Gasteiger partial charge in [0.2, 0.25) is 0 Å². The lowest BCUT2D eigenvalue weighted by Gasteiger charge is -2.13. The zero-order valence-electron chi connectivity index (χ0n) is 13.5. The van der Waals surface area contributed by atoms with E-state index in [4.69, 9.17) is 21.6 Å². The molecule has 0 aromatic heterocycles. The molecule has 0 saturated heterocycles. The van der Waals surface area contributed by atoms with Crippen LogP contribution in [0.25, 0.3) is 0 Å². The van der Waals surface area contributed by atoms with E-state index >= 15 is 0 Å². The fourth-order valence-electron chi connectivity index (χ4n) is 2.08. The Hall–Kier alpha value is -1.26. The largest absolute Gasteiger partial charge is 0.395 e. The molecule has 0 heterocycles. The third-order valence-electron chi connectivity index (χ3n) is 3.22. The van der Waals surface area contributed by atoms with Gasteiger partial charge in [0, 0.05) is 45.3 Å². The van der Waals surface area contributed by atoms with Crippen molar-refractivity contribution in [1.29, 1.82) is 0 Å². The zero-order chi connectivity index (χ0) is 16.8. The van der Waals surface area contributed by atoms with Gasteiger partial charge in [-0.3, -0.25) is 0 Å². The van der Waals surface area contributed by atoms with Crippen molar-refractivity contribution < 1.29 is 15.0 Å². The summed E-state index contributed by atoms with van der Waals surface area (Å²) in [6, 6.07) is 7.51. The lowest BCUT2D eigenvalue weighted by molar-refractivity contribution is -0.211. The molecule has 0 radical (unpaired) electrons. The van der Waals surface area contributed by atoms with E-state index in [-0.39, 0.29) is 12.6 Å². The maximum atomic E-state index is 8.61. The van der Waals surface area contributed by atoms with Crippen LogP contribution < -0.4 is 32.5 Å². The third-order valence-corrected chi connectivity index (χ3v) is 3.22. The Morgan fingerprint density at radius 1 is 0.957 bits per heavy atom. The van der Waals surface area contributed by atoms with Crippen LogP contribution >= 0.6 is 0 Å². The summed E-state index contributed by atoms with van der Waals surface area (Å²) in [4.78, 5) is 8.82. The predicted octanol–water partition coefficient (Wildman–Crippen LogP) is -1.50. The molecule has 1 atom stereocenters. The van der Waals surface area contributed by atoms with E-state index in [1.807, 2.05) is 12.1 Å². The SMILES string of the molecule is NOOc1ccc(CC(N)CNCCNCCNCCO)cc1. The Morgan fingerprint density at radius 2 is 1.57 bits per heavy atom. The molecule has 0 spiro atoms. The fourth-order valence-corrected chi connectivity index (χ4v) is 2.08. The molecule has 8 nitrogen and oxygen atoms in total. The summed E-state index contributed by atoms with van der Waals surface area (Å²) in [6.45, 7) is 5.07. The van der Waals surface area contributed by atoms with Gasteiger partial charge < -0.3 is 31.7 Å². The Labute approximate surface area is 137 Å². The van der Waals surface area contributed by atoms with Crippen LogP contribution in [0.15, 0.2) is 24.3 Å². The van der Waals surface area contributed by atoms with Crippen molar-refractivity contribution in [2.24, 2.45) is 11.6 Å². The second-order valence-electron chi connectivity index (χ2n) is 5.22. The second-order valence-corrected chi connectivity index (χ2v) is 5.22. The molecule has 0 bridgehead atoms. The molecule has 132 valence electrons. The van der Waals surface area contributed by atoms with Gasteiger partial charge >= 0.3 is 0 Å². The van der Waals surface area contributed by atoms with Gasteiger partial charge in [-0.05, 0) is 24.1 Å². The number of rotatable bonds is 14. The van der Waals surface area contributed by atoms with Crippen molar-refractivity contribution in [3.63, 3.8) is 0 Å². The topological polar surface area (TPSA) is 127 Å². The second kappa shape index (κ2) is 13.2. The normalized spacial score (nSPS) is 12.3. The van der Waals surface area contributed by atoms with Crippen molar-refractivity contribution in [2.75, 3.05) is 45.9 Å². The first-order valence-corrected chi connectivity index (χ1v) is 7.87. The first-order valence-electron chi connectivity index (χ1n) is 7.87. The van der Waals surface area contributed by atoms with Gasteiger partial charge in [0.05, 0.1) is 6.61 Å². The van der Waals surface area contributed by atoms with Gasteiger partial charge in [-0.2, -0.15) is 5.90 Å². The van der Waals surface area contributed by atoms with E-state index in [0.29, 0.717) is 12.3 Å². The van der Waals surface area contributed by atoms with E-state index in [0.717, 1.165) is 44.7 Å². The van der Waals surface area contributed by atoms with Crippen LogP contribution in [-0.4, -0.2) is 57.0 Å². The summed E-state index contributed by atoms with van der Waals surface area (Å²) in [5.41, 5.74) is 7.24. The molecule has 1 aromatic rings. The summed E-state index contributed by atoms with van der Waals surface area (Å²) in [7, 11) is 0. The van der Waals surface area contributed by atoms with Gasteiger partial charge in [-0.15, -0.1) is 0 Å². The molecule has 23 heavy (non-hydrogen) atoms. The maximum absolute atomic E-state index is 8.61. The van der Waals surface area contributed by atoms with E-state index in [9.17, 15) is 0 Å². The highest BCUT2D eigenvalue weighted by atomic mass is 17.3. The standard InChI is InChI=1S/C15H29N5O3/c16-14(11-13-1-3-15(4-2-13)22-23-17)12-20-8-7-18-5-6-19-9-10-21/h1-4,14,18-21H,5-12,16-17H2. The van der Waals surface area contributed by atoms with Crippen molar-refractivity contribution in [1.82, 2.24) is 16.0 Å². The third kappa shape index (κ3) is 10.2. The number of hydrogen-bond donors (Lipinski definition) is 6. The lowest BCUT2D eigenvalue weighted by Crippen LogP contribution is -2.39. The van der Waals surface area contributed by atoms with Crippen LogP contribution in [0, 0.1) is 0 Å². The minimum absolute atomic E-state index is 0.0544. The van der Waals surface area contributed by atoms with Gasteiger partial charge in [-0.25, -0.2) is 0 Å². The number of aliphatic hydroxyl groups excluding tert-OH is 1. The molecule has 0 amide bonds. The average molecular weight is 327 g/mol. The van der Waals surface area contributed by atoms with E-state index in [1.165, 1.54) is 0 Å². The molecular formula is C15H29N5O3. The van der Waals surface area contributed by atoms with Gasteiger partial charge in [0.25, 0.3) is 0 Å². The van der Waals surface area contributed by atoms with Crippen LogP contribution in [0.1, 0.15) is 5.56 Å². The fraction of sp³-hybridized carbons (Fsp3) is 0.600. The molecule has 8 heteroatoms. The van der Waals surface area contributed by atoms with E-state index in [1.54, 1.807) is 12.1 Å². The number of hydrogen-bond acceptors (Lipinski definition) is 8. The van der Waals surface area contributed by atoms with Crippen LogP contribution in [-0.2, 0) is 11.4 Å². The summed E-state index contributed by atoms with van der Waals surface area (Å²) < 4.78 is 0. The highest BCUT2D eigenvalue weighted by Gasteiger charge is 2.04. The minimum atomic E-state index is 0.0544. The molecule has 1 rings (SSSR count). The van der Waals surface area contributed by atoms with Crippen molar-refractivity contribution in [2.45, 2.75) is 12.5 Å². The zero-order valence-corrected chi connectivity index (χ0v) is 13.5. The highest BCUT2D eigenvalue weighted by molar-refractivity contribution is 5.27. The predicted molar refractivity (Wildman–Crippen MR) is 89.7 cm³/mol.